The van der Waals surface area contributed by atoms with Gasteiger partial charge in [0.05, 0.1) is 0 Å². The van der Waals surface area contributed by atoms with Crippen molar-refractivity contribution in [3.63, 3.8) is 0 Å². The van der Waals surface area contributed by atoms with Crippen LogP contribution in [0.1, 0.15) is 12.0 Å². The largest absolute Gasteiger partial charge is 0.480 e. The molecule has 18 heavy (non-hydrogen) atoms. The Hall–Kier alpha value is -2.13. The third-order valence-electron chi connectivity index (χ3n) is 2.46. The van der Waals surface area contributed by atoms with Crippen molar-refractivity contribution in [2.24, 2.45) is 5.73 Å². The molecule has 1 unspecified atom stereocenters. The summed E-state index contributed by atoms with van der Waals surface area (Å²) < 4.78 is 0. The van der Waals surface area contributed by atoms with E-state index >= 15 is 0 Å². The molecule has 0 spiro atoms. The maximum Gasteiger partial charge on any atom is 0.320 e. The number of hydrogen-bond donors (Lipinski definition) is 2. The molecule has 0 heterocycles. The van der Waals surface area contributed by atoms with Crippen LogP contribution in [0, 0.1) is 0 Å². The van der Waals surface area contributed by atoms with Gasteiger partial charge in [-0.05, 0) is 17.6 Å². The van der Waals surface area contributed by atoms with Crippen LogP contribution in [0.3, 0.4) is 0 Å². The number of rotatable bonds is 6. The number of benzene rings is 1. The molecule has 0 amide bonds. The Kier molecular flexibility index (Phi) is 5.08. The molecule has 0 saturated heterocycles. The maximum atomic E-state index is 10.6. The van der Waals surface area contributed by atoms with Gasteiger partial charge >= 0.3 is 5.97 Å². The molecule has 0 aliphatic rings. The van der Waals surface area contributed by atoms with Crippen LogP contribution in [-0.2, 0) is 4.79 Å². The van der Waals surface area contributed by atoms with Crippen molar-refractivity contribution in [2.75, 3.05) is 0 Å². The highest BCUT2D eigenvalue weighted by molar-refractivity contribution is 5.74. The smallest absolute Gasteiger partial charge is 0.320 e. The van der Waals surface area contributed by atoms with E-state index in [0.29, 0.717) is 5.57 Å². The van der Waals surface area contributed by atoms with Crippen molar-refractivity contribution >= 4 is 11.5 Å². The van der Waals surface area contributed by atoms with Crippen LogP contribution in [0.25, 0.3) is 5.57 Å². The minimum absolute atomic E-state index is 0.230. The first-order valence-corrected chi connectivity index (χ1v) is 5.59. The third-order valence-corrected chi connectivity index (χ3v) is 2.46. The molecule has 0 bridgehead atoms. The zero-order valence-corrected chi connectivity index (χ0v) is 10.2. The van der Waals surface area contributed by atoms with Crippen LogP contribution in [0.5, 0.6) is 0 Å². The number of aliphatic carboxylic acids is 1. The number of nitrogens with two attached hydrogens (primary N) is 1. The summed E-state index contributed by atoms with van der Waals surface area (Å²) in [5.41, 5.74) is 7.95. The van der Waals surface area contributed by atoms with E-state index in [1.807, 2.05) is 36.4 Å². The molecule has 3 N–H and O–H groups in total. The Morgan fingerprint density at radius 3 is 2.44 bits per heavy atom. The van der Waals surface area contributed by atoms with E-state index in [1.165, 1.54) is 0 Å². The van der Waals surface area contributed by atoms with Crippen molar-refractivity contribution in [2.45, 2.75) is 12.5 Å². The standard InChI is InChI=1S/C15H17NO2/c1-11(10-14(16)15(17)18)8-9-12(2)13-6-4-3-5-7-13/h3-9,14H,1-2,10,16H2,(H,17,18)/b9-8-. The van der Waals surface area contributed by atoms with Gasteiger partial charge in [0.2, 0.25) is 0 Å². The van der Waals surface area contributed by atoms with Crippen LogP contribution in [-0.4, -0.2) is 17.1 Å². The zero-order chi connectivity index (χ0) is 13.5. The topological polar surface area (TPSA) is 63.3 Å². The van der Waals surface area contributed by atoms with Crippen LogP contribution < -0.4 is 5.73 Å². The molecule has 1 aromatic rings. The van der Waals surface area contributed by atoms with Gasteiger partial charge in [-0.2, -0.15) is 0 Å². The molecule has 0 fully saturated rings. The summed E-state index contributed by atoms with van der Waals surface area (Å²) in [6.07, 6.45) is 3.79. The lowest BCUT2D eigenvalue weighted by Crippen LogP contribution is -2.30. The highest BCUT2D eigenvalue weighted by Crippen LogP contribution is 2.14. The van der Waals surface area contributed by atoms with Gasteiger partial charge < -0.3 is 10.8 Å². The van der Waals surface area contributed by atoms with Crippen molar-refractivity contribution in [1.82, 2.24) is 0 Å². The molecular weight excluding hydrogens is 226 g/mol. The van der Waals surface area contributed by atoms with Crippen LogP contribution in [0.15, 0.2) is 61.2 Å². The first-order chi connectivity index (χ1) is 8.50. The minimum Gasteiger partial charge on any atom is -0.480 e. The summed E-state index contributed by atoms with van der Waals surface area (Å²) in [7, 11) is 0. The number of carbonyl (C=O) groups is 1. The molecule has 0 aromatic heterocycles. The molecule has 1 rings (SSSR count). The number of hydrogen-bond acceptors (Lipinski definition) is 2. The first-order valence-electron chi connectivity index (χ1n) is 5.59. The van der Waals surface area contributed by atoms with E-state index < -0.39 is 12.0 Å². The van der Waals surface area contributed by atoms with Gasteiger partial charge in [-0.15, -0.1) is 0 Å². The van der Waals surface area contributed by atoms with Crippen LogP contribution in [0.4, 0.5) is 0 Å². The SMILES string of the molecule is C=C(/C=C\C(=C)c1ccccc1)CC(N)C(=O)O. The first kappa shape index (κ1) is 13.9. The molecule has 0 radical (unpaired) electrons. The summed E-state index contributed by atoms with van der Waals surface area (Å²) in [5.74, 6) is -1.02. The Bertz CT molecular complexity index is 475. The fraction of sp³-hybridized carbons (Fsp3) is 0.133. The Morgan fingerprint density at radius 2 is 1.89 bits per heavy atom. The normalized spacial score (nSPS) is 12.3. The number of allylic oxidation sites excluding steroid dienone is 3. The molecule has 0 aliphatic carbocycles. The molecule has 3 heteroatoms. The minimum atomic E-state index is -1.02. The maximum absolute atomic E-state index is 10.6. The summed E-state index contributed by atoms with van der Waals surface area (Å²) in [5, 5.41) is 8.68. The second kappa shape index (κ2) is 6.57. The monoisotopic (exact) mass is 243 g/mol. The van der Waals surface area contributed by atoms with Crippen molar-refractivity contribution in [3.05, 3.63) is 66.8 Å². The number of carboxylic acid groups (broad SMARTS) is 1. The van der Waals surface area contributed by atoms with Crippen LogP contribution >= 0.6 is 0 Å². The lowest BCUT2D eigenvalue weighted by molar-refractivity contribution is -0.138. The van der Waals surface area contributed by atoms with Crippen LogP contribution in [0.2, 0.25) is 0 Å². The van der Waals surface area contributed by atoms with Gasteiger partial charge in [-0.1, -0.05) is 61.2 Å². The van der Waals surface area contributed by atoms with E-state index in [2.05, 4.69) is 13.2 Å². The highest BCUT2D eigenvalue weighted by atomic mass is 16.4. The molecular formula is C15H17NO2. The molecule has 1 atom stereocenters. The zero-order valence-electron chi connectivity index (χ0n) is 10.2. The van der Waals surface area contributed by atoms with Gasteiger partial charge in [0.25, 0.3) is 0 Å². The number of carboxylic acids is 1. The molecule has 0 saturated carbocycles. The van der Waals surface area contributed by atoms with Gasteiger partial charge in [0, 0.05) is 0 Å². The fourth-order valence-electron chi connectivity index (χ4n) is 1.40. The predicted molar refractivity (Wildman–Crippen MR) is 74.0 cm³/mol. The molecule has 0 aliphatic heterocycles. The second-order valence-electron chi connectivity index (χ2n) is 4.03. The summed E-state index contributed by atoms with van der Waals surface area (Å²) in [6.45, 7) is 7.71. The predicted octanol–water partition coefficient (Wildman–Crippen LogP) is 2.61. The summed E-state index contributed by atoms with van der Waals surface area (Å²) in [6, 6.07) is 8.81. The van der Waals surface area contributed by atoms with Gasteiger partial charge in [0.1, 0.15) is 6.04 Å². The summed E-state index contributed by atoms with van der Waals surface area (Å²) >= 11 is 0. The van der Waals surface area contributed by atoms with Crippen molar-refractivity contribution in [1.29, 1.82) is 0 Å². The lowest BCUT2D eigenvalue weighted by atomic mass is 10.0. The average molecular weight is 243 g/mol. The lowest BCUT2D eigenvalue weighted by Gasteiger charge is -2.06. The van der Waals surface area contributed by atoms with Crippen molar-refractivity contribution < 1.29 is 9.90 Å². The Labute approximate surface area is 107 Å². The van der Waals surface area contributed by atoms with Gasteiger partial charge in [-0.3, -0.25) is 4.79 Å². The Morgan fingerprint density at radius 1 is 1.28 bits per heavy atom. The van der Waals surface area contributed by atoms with Gasteiger partial charge in [-0.25, -0.2) is 0 Å². The third kappa shape index (κ3) is 4.39. The quantitative estimate of drug-likeness (QED) is 0.755. The molecule has 3 nitrogen and oxygen atoms in total. The van der Waals surface area contributed by atoms with Crippen molar-refractivity contribution in [3.8, 4) is 0 Å². The van der Waals surface area contributed by atoms with E-state index in [9.17, 15) is 4.79 Å². The van der Waals surface area contributed by atoms with E-state index in [0.717, 1.165) is 11.1 Å². The average Bonchev–Trinajstić information content (AvgIpc) is 2.36. The molecule has 1 aromatic carbocycles. The van der Waals surface area contributed by atoms with Gasteiger partial charge in [0.15, 0.2) is 0 Å². The van der Waals surface area contributed by atoms with E-state index in [1.54, 1.807) is 6.08 Å². The van der Waals surface area contributed by atoms with E-state index in [-0.39, 0.29) is 6.42 Å². The highest BCUT2D eigenvalue weighted by Gasteiger charge is 2.11. The summed E-state index contributed by atoms with van der Waals surface area (Å²) in [4.78, 5) is 10.6. The Balaban J connectivity index is 2.57. The van der Waals surface area contributed by atoms with E-state index in [4.69, 9.17) is 10.8 Å². The second-order valence-corrected chi connectivity index (χ2v) is 4.03. The fourth-order valence-corrected chi connectivity index (χ4v) is 1.40. The molecule has 94 valence electrons.